The second kappa shape index (κ2) is 13.4. The molecule has 2 aliphatic rings. The molecule has 0 amide bonds. The van der Waals surface area contributed by atoms with Gasteiger partial charge in [-0.2, -0.15) is 4.98 Å². The fraction of sp³-hybridized carbons (Fsp3) is 0.522. The van der Waals surface area contributed by atoms with Gasteiger partial charge in [-0.25, -0.2) is 4.79 Å². The van der Waals surface area contributed by atoms with Crippen molar-refractivity contribution in [1.29, 1.82) is 0 Å². The molecule has 0 unspecified atom stereocenters. The lowest BCUT2D eigenvalue weighted by Crippen LogP contribution is -2.32. The van der Waals surface area contributed by atoms with E-state index in [9.17, 15) is 4.79 Å². The average molecular weight is 444 g/mol. The van der Waals surface area contributed by atoms with Gasteiger partial charge in [0.1, 0.15) is 0 Å². The van der Waals surface area contributed by atoms with E-state index in [4.69, 9.17) is 16.2 Å². The molecule has 0 bridgehead atoms. The van der Waals surface area contributed by atoms with Crippen LogP contribution in [-0.2, 0) is 0 Å². The van der Waals surface area contributed by atoms with Gasteiger partial charge in [0.05, 0.1) is 11.9 Å². The standard InChI is InChI=1S/C11H9N3O2.C10H22N4.C2H6/c1-6-2-3-8-7(4-6)13-10-9(16-8)5-12-11(15)14-10;11-10(12)14-8-4-7-13-9-5-2-1-3-6-9;1-2/h2-5H,1H3,(H2,12,13,14,15);9,13H,1-8H2,(H4,11,12,14);1-2H3. The highest BCUT2D eigenvalue weighted by Crippen LogP contribution is 2.39. The minimum atomic E-state index is -0.397. The van der Waals surface area contributed by atoms with Gasteiger partial charge in [-0.15, -0.1) is 0 Å². The summed E-state index contributed by atoms with van der Waals surface area (Å²) in [6.45, 7) is 7.76. The maximum atomic E-state index is 11.1. The third-order valence-corrected chi connectivity index (χ3v) is 5.06. The molecule has 7 N–H and O–H groups in total. The van der Waals surface area contributed by atoms with E-state index in [-0.39, 0.29) is 5.96 Å². The van der Waals surface area contributed by atoms with Crippen molar-refractivity contribution in [3.63, 3.8) is 0 Å². The van der Waals surface area contributed by atoms with E-state index in [0.717, 1.165) is 42.6 Å². The van der Waals surface area contributed by atoms with Crippen molar-refractivity contribution in [3.05, 3.63) is 40.4 Å². The summed E-state index contributed by atoms with van der Waals surface area (Å²) in [5.41, 5.74) is 12.0. The zero-order chi connectivity index (χ0) is 23.3. The van der Waals surface area contributed by atoms with Crippen molar-refractivity contribution in [2.45, 2.75) is 65.3 Å². The summed E-state index contributed by atoms with van der Waals surface area (Å²) >= 11 is 0. The summed E-state index contributed by atoms with van der Waals surface area (Å²) in [6.07, 6.45) is 9.27. The molecule has 0 atom stereocenters. The molecular formula is C23H37N7O2. The van der Waals surface area contributed by atoms with E-state index in [2.05, 4.69) is 25.6 Å². The second-order valence-electron chi connectivity index (χ2n) is 7.60. The van der Waals surface area contributed by atoms with E-state index in [0.29, 0.717) is 11.6 Å². The number of aliphatic imine (C=N–C) groups is 1. The van der Waals surface area contributed by atoms with Crippen LogP contribution in [0.4, 0.5) is 11.5 Å². The number of hydrogen-bond donors (Lipinski definition) is 5. The Morgan fingerprint density at radius 1 is 1.22 bits per heavy atom. The lowest BCUT2D eigenvalue weighted by Gasteiger charge is -2.22. The third kappa shape index (κ3) is 8.22. The van der Waals surface area contributed by atoms with Crippen LogP contribution in [0.2, 0.25) is 0 Å². The fourth-order valence-corrected chi connectivity index (χ4v) is 3.54. The summed E-state index contributed by atoms with van der Waals surface area (Å²) in [7, 11) is 0. The van der Waals surface area contributed by atoms with Gasteiger partial charge < -0.3 is 26.8 Å². The molecule has 0 spiro atoms. The number of ether oxygens (including phenoxy) is 1. The van der Waals surface area contributed by atoms with Crippen LogP contribution in [0.25, 0.3) is 0 Å². The Morgan fingerprint density at radius 3 is 2.69 bits per heavy atom. The number of nitrogens with two attached hydrogens (primary N) is 2. The topological polar surface area (TPSA) is 143 Å². The van der Waals surface area contributed by atoms with Crippen LogP contribution in [0.15, 0.2) is 34.2 Å². The molecule has 1 aliphatic heterocycles. The van der Waals surface area contributed by atoms with Crippen LogP contribution < -0.4 is 32.5 Å². The van der Waals surface area contributed by atoms with Crippen LogP contribution >= 0.6 is 0 Å². The van der Waals surface area contributed by atoms with Gasteiger partial charge in [-0.05, 0) is 50.4 Å². The summed E-state index contributed by atoms with van der Waals surface area (Å²) in [5, 5.41) is 6.65. The molecule has 1 aromatic heterocycles. The highest BCUT2D eigenvalue weighted by Gasteiger charge is 2.17. The first-order chi connectivity index (χ1) is 15.5. The molecule has 1 fully saturated rings. The number of guanidine groups is 1. The lowest BCUT2D eigenvalue weighted by atomic mass is 9.95. The number of rotatable bonds is 5. The number of hydrogen-bond acceptors (Lipinski definition) is 6. The molecular weight excluding hydrogens is 406 g/mol. The number of nitrogens with zero attached hydrogens (tertiary/aromatic N) is 2. The highest BCUT2D eigenvalue weighted by molar-refractivity contribution is 5.75. The summed E-state index contributed by atoms with van der Waals surface area (Å²) in [6, 6.07) is 6.54. The molecule has 1 aliphatic carbocycles. The SMILES string of the molecule is CC.Cc1ccc2c(c1)Nc1[nH]c(=O)ncc1O2.NC(N)=NCCCNC1CCCCC1. The number of H-pyrrole nitrogens is 1. The Labute approximate surface area is 190 Å². The zero-order valence-corrected chi connectivity index (χ0v) is 19.4. The molecule has 2 aromatic rings. The van der Waals surface area contributed by atoms with Gasteiger partial charge in [-0.1, -0.05) is 39.2 Å². The summed E-state index contributed by atoms with van der Waals surface area (Å²) < 4.78 is 5.59. The molecule has 0 saturated heterocycles. The van der Waals surface area contributed by atoms with Crippen molar-refractivity contribution < 1.29 is 4.74 Å². The van der Waals surface area contributed by atoms with Gasteiger partial charge in [0.15, 0.2) is 23.3 Å². The first-order valence-electron chi connectivity index (χ1n) is 11.4. The molecule has 2 heterocycles. The molecule has 32 heavy (non-hydrogen) atoms. The van der Waals surface area contributed by atoms with Crippen LogP contribution in [0.1, 0.15) is 57.9 Å². The fourth-order valence-electron chi connectivity index (χ4n) is 3.54. The molecule has 0 radical (unpaired) electrons. The van der Waals surface area contributed by atoms with Crippen LogP contribution in [0, 0.1) is 6.92 Å². The number of aromatic amines is 1. The Morgan fingerprint density at radius 2 is 1.97 bits per heavy atom. The van der Waals surface area contributed by atoms with Gasteiger partial charge >= 0.3 is 5.69 Å². The molecule has 1 aromatic carbocycles. The predicted molar refractivity (Wildman–Crippen MR) is 131 cm³/mol. The van der Waals surface area contributed by atoms with Crippen molar-refractivity contribution in [1.82, 2.24) is 15.3 Å². The van der Waals surface area contributed by atoms with E-state index in [1.165, 1.54) is 38.3 Å². The smallest absolute Gasteiger partial charge is 0.346 e. The van der Waals surface area contributed by atoms with Crippen molar-refractivity contribution in [2.24, 2.45) is 16.5 Å². The number of aromatic nitrogens is 2. The molecule has 9 heteroatoms. The number of nitrogens with one attached hydrogen (secondary N) is 3. The maximum Gasteiger partial charge on any atom is 0.346 e. The van der Waals surface area contributed by atoms with Crippen molar-refractivity contribution in [2.75, 3.05) is 18.4 Å². The predicted octanol–water partition coefficient (Wildman–Crippen LogP) is 3.53. The molecule has 1 saturated carbocycles. The lowest BCUT2D eigenvalue weighted by molar-refractivity contribution is 0.373. The van der Waals surface area contributed by atoms with E-state index in [1.807, 2.05) is 39.0 Å². The Bertz CT molecular complexity index is 917. The van der Waals surface area contributed by atoms with Crippen LogP contribution in [0.5, 0.6) is 11.5 Å². The van der Waals surface area contributed by atoms with E-state index in [1.54, 1.807) is 0 Å². The van der Waals surface area contributed by atoms with Crippen LogP contribution in [0.3, 0.4) is 0 Å². The third-order valence-electron chi connectivity index (χ3n) is 5.06. The summed E-state index contributed by atoms with van der Waals surface area (Å²) in [4.78, 5) is 21.2. The molecule has 4 rings (SSSR count). The normalized spacial score (nSPS) is 14.1. The van der Waals surface area contributed by atoms with E-state index >= 15 is 0 Å². The first kappa shape index (κ1) is 25.2. The zero-order valence-electron chi connectivity index (χ0n) is 19.4. The first-order valence-corrected chi connectivity index (χ1v) is 11.4. The van der Waals surface area contributed by atoms with Crippen LogP contribution in [-0.4, -0.2) is 35.1 Å². The van der Waals surface area contributed by atoms with Crippen molar-refractivity contribution in [3.8, 4) is 11.5 Å². The van der Waals surface area contributed by atoms with Gasteiger partial charge in [0.2, 0.25) is 0 Å². The maximum absolute atomic E-state index is 11.1. The Kier molecular flexibility index (Phi) is 10.5. The molecule has 176 valence electrons. The average Bonchev–Trinajstić information content (AvgIpc) is 2.80. The number of aryl methyl sites for hydroxylation is 1. The van der Waals surface area contributed by atoms with Gasteiger partial charge in [0, 0.05) is 12.6 Å². The van der Waals surface area contributed by atoms with Crippen molar-refractivity contribution >= 4 is 17.5 Å². The second-order valence-corrected chi connectivity index (χ2v) is 7.60. The Hall–Kier alpha value is -3.07. The monoisotopic (exact) mass is 443 g/mol. The number of anilines is 2. The van der Waals surface area contributed by atoms with E-state index < -0.39 is 5.69 Å². The highest BCUT2D eigenvalue weighted by atomic mass is 16.5. The number of fused-ring (bicyclic) bond motifs is 2. The van der Waals surface area contributed by atoms with Gasteiger partial charge in [0.25, 0.3) is 0 Å². The quantitative estimate of drug-likeness (QED) is 0.230. The minimum Gasteiger partial charge on any atom is -0.450 e. The summed E-state index contributed by atoms with van der Waals surface area (Å²) in [5.74, 6) is 1.99. The Balaban J connectivity index is 0.000000213. The largest absolute Gasteiger partial charge is 0.450 e. The number of benzene rings is 1. The molecule has 9 nitrogen and oxygen atoms in total. The van der Waals surface area contributed by atoms with Gasteiger partial charge in [-0.3, -0.25) is 9.98 Å². The minimum absolute atomic E-state index is 0.197.